The Hall–Kier alpha value is -2.36. The summed E-state index contributed by atoms with van der Waals surface area (Å²) in [6.45, 7) is 0. The Morgan fingerprint density at radius 1 is 1.00 bits per heavy atom. The van der Waals surface area contributed by atoms with Crippen molar-refractivity contribution in [2.45, 2.75) is 0 Å². The van der Waals surface area contributed by atoms with Crippen LogP contribution in [0, 0.1) is 0 Å². The zero-order chi connectivity index (χ0) is 11.8. The van der Waals surface area contributed by atoms with Crippen molar-refractivity contribution < 1.29 is 15.0 Å². The third-order valence-corrected chi connectivity index (χ3v) is 1.64. The molecule has 0 saturated carbocycles. The molecule has 0 radical (unpaired) electrons. The summed E-state index contributed by atoms with van der Waals surface area (Å²) in [6, 6.07) is 13.5. The van der Waals surface area contributed by atoms with Crippen LogP contribution in [0.3, 0.4) is 0 Å². The predicted octanol–water partition coefficient (Wildman–Crippen LogP) is 2.17. The number of phenolic OH excluding ortho intramolecular Hbond substituents is 1. The molecule has 0 aliphatic rings. The number of aromatic hydroxyl groups is 1. The number of aromatic carboxylic acids is 1. The minimum absolute atomic E-state index is 0.0810. The molecule has 1 aromatic heterocycles. The average molecular weight is 217 g/mol. The summed E-state index contributed by atoms with van der Waals surface area (Å²) >= 11 is 0. The molecule has 0 bridgehead atoms. The predicted molar refractivity (Wildman–Crippen MR) is 59.3 cm³/mol. The highest BCUT2D eigenvalue weighted by Gasteiger charge is 1.98. The molecule has 1 heterocycles. The normalized spacial score (nSPS) is 8.75. The quantitative estimate of drug-likeness (QED) is 0.768. The zero-order valence-corrected chi connectivity index (χ0v) is 8.45. The second-order valence-corrected chi connectivity index (χ2v) is 2.86. The number of benzene rings is 1. The molecule has 4 heteroatoms. The Labute approximate surface area is 92.8 Å². The van der Waals surface area contributed by atoms with Gasteiger partial charge in [-0.05, 0) is 24.3 Å². The van der Waals surface area contributed by atoms with Gasteiger partial charge in [-0.25, -0.2) is 9.78 Å². The fraction of sp³-hybridized carbons (Fsp3) is 0. The van der Waals surface area contributed by atoms with Gasteiger partial charge >= 0.3 is 5.97 Å². The van der Waals surface area contributed by atoms with E-state index in [9.17, 15) is 4.79 Å². The number of aromatic nitrogens is 1. The summed E-state index contributed by atoms with van der Waals surface area (Å²) in [5.74, 6) is -0.668. The Bertz CT molecular complexity index is 429. The molecule has 1 aromatic carbocycles. The van der Waals surface area contributed by atoms with Crippen LogP contribution < -0.4 is 0 Å². The lowest BCUT2D eigenvalue weighted by atomic mass is 10.3. The van der Waals surface area contributed by atoms with Gasteiger partial charge < -0.3 is 10.2 Å². The fourth-order valence-corrected chi connectivity index (χ4v) is 0.917. The van der Waals surface area contributed by atoms with Crippen LogP contribution in [0.25, 0.3) is 0 Å². The summed E-state index contributed by atoms with van der Waals surface area (Å²) in [7, 11) is 0. The second kappa shape index (κ2) is 6.19. The van der Waals surface area contributed by atoms with Crippen molar-refractivity contribution in [1.82, 2.24) is 4.98 Å². The fourth-order valence-electron chi connectivity index (χ4n) is 0.917. The van der Waals surface area contributed by atoms with Crippen LogP contribution in [-0.2, 0) is 0 Å². The summed E-state index contributed by atoms with van der Waals surface area (Å²) in [4.78, 5) is 13.7. The van der Waals surface area contributed by atoms with E-state index in [0.717, 1.165) is 0 Å². The highest BCUT2D eigenvalue weighted by atomic mass is 16.4. The van der Waals surface area contributed by atoms with Gasteiger partial charge in [-0.2, -0.15) is 0 Å². The van der Waals surface area contributed by atoms with Crippen LogP contribution in [0.4, 0.5) is 0 Å². The number of hydrogen-bond donors (Lipinski definition) is 2. The molecule has 0 unspecified atom stereocenters. The van der Waals surface area contributed by atoms with Crippen molar-refractivity contribution >= 4 is 5.97 Å². The van der Waals surface area contributed by atoms with Crippen molar-refractivity contribution in [3.63, 3.8) is 0 Å². The van der Waals surface area contributed by atoms with Crippen molar-refractivity contribution in [2.75, 3.05) is 0 Å². The number of pyridine rings is 1. The first-order valence-corrected chi connectivity index (χ1v) is 4.58. The molecule has 0 saturated heterocycles. The smallest absolute Gasteiger partial charge is 0.354 e. The average Bonchev–Trinajstić information content (AvgIpc) is 2.32. The van der Waals surface area contributed by atoms with Gasteiger partial charge in [0.25, 0.3) is 0 Å². The number of hydrogen-bond acceptors (Lipinski definition) is 3. The molecule has 2 N–H and O–H groups in total. The first-order valence-electron chi connectivity index (χ1n) is 4.58. The van der Waals surface area contributed by atoms with E-state index in [1.165, 1.54) is 12.3 Å². The van der Waals surface area contributed by atoms with Crippen LogP contribution in [0.5, 0.6) is 5.75 Å². The van der Waals surface area contributed by atoms with Crippen LogP contribution in [-0.4, -0.2) is 21.2 Å². The molecule has 0 amide bonds. The Kier molecular flexibility index (Phi) is 4.53. The summed E-state index contributed by atoms with van der Waals surface area (Å²) < 4.78 is 0. The van der Waals surface area contributed by atoms with E-state index in [1.807, 2.05) is 6.07 Å². The van der Waals surface area contributed by atoms with Crippen LogP contribution in [0.2, 0.25) is 0 Å². The molecule has 0 spiro atoms. The lowest BCUT2D eigenvalue weighted by Crippen LogP contribution is -1.97. The number of carboxylic acid groups (broad SMARTS) is 1. The number of para-hydroxylation sites is 1. The number of carboxylic acids is 1. The minimum Gasteiger partial charge on any atom is -0.508 e. The van der Waals surface area contributed by atoms with Crippen molar-refractivity contribution in [3.05, 3.63) is 60.4 Å². The molecule has 0 aliphatic heterocycles. The summed E-state index contributed by atoms with van der Waals surface area (Å²) in [5, 5.41) is 17.0. The number of carbonyl (C=O) groups is 1. The highest BCUT2D eigenvalue weighted by molar-refractivity contribution is 5.85. The third kappa shape index (κ3) is 4.23. The van der Waals surface area contributed by atoms with Gasteiger partial charge in [-0.3, -0.25) is 0 Å². The highest BCUT2D eigenvalue weighted by Crippen LogP contribution is 2.02. The van der Waals surface area contributed by atoms with Gasteiger partial charge in [0.2, 0.25) is 0 Å². The Balaban J connectivity index is 0.000000165. The standard InChI is InChI=1S/C6H5NO2.C6H6O/c8-6(9)5-3-1-2-4-7-5;7-6-4-2-1-3-5-6/h1-4H,(H,8,9);1-5,7H. The van der Waals surface area contributed by atoms with Crippen molar-refractivity contribution in [3.8, 4) is 5.75 Å². The maximum atomic E-state index is 10.1. The monoisotopic (exact) mass is 217 g/mol. The van der Waals surface area contributed by atoms with Crippen LogP contribution in [0.1, 0.15) is 10.5 Å². The van der Waals surface area contributed by atoms with Gasteiger partial charge in [0.15, 0.2) is 0 Å². The minimum atomic E-state index is -0.990. The summed E-state index contributed by atoms with van der Waals surface area (Å²) in [5.41, 5.74) is 0.0810. The van der Waals surface area contributed by atoms with Crippen molar-refractivity contribution in [1.29, 1.82) is 0 Å². The van der Waals surface area contributed by atoms with E-state index >= 15 is 0 Å². The van der Waals surface area contributed by atoms with E-state index in [4.69, 9.17) is 10.2 Å². The Morgan fingerprint density at radius 2 is 1.62 bits per heavy atom. The molecule has 82 valence electrons. The largest absolute Gasteiger partial charge is 0.508 e. The first kappa shape index (κ1) is 11.7. The summed E-state index contributed by atoms with van der Waals surface area (Å²) in [6.07, 6.45) is 1.45. The van der Waals surface area contributed by atoms with Gasteiger partial charge in [0.1, 0.15) is 11.4 Å². The van der Waals surface area contributed by atoms with E-state index < -0.39 is 5.97 Å². The SMILES string of the molecule is O=C(O)c1ccccn1.Oc1ccccc1. The van der Waals surface area contributed by atoms with Gasteiger partial charge in [0.05, 0.1) is 0 Å². The van der Waals surface area contributed by atoms with Gasteiger partial charge in [0, 0.05) is 6.20 Å². The number of rotatable bonds is 1. The number of nitrogens with zero attached hydrogens (tertiary/aromatic N) is 1. The topological polar surface area (TPSA) is 70.4 Å². The molecule has 0 aliphatic carbocycles. The molecule has 4 nitrogen and oxygen atoms in total. The van der Waals surface area contributed by atoms with Crippen molar-refractivity contribution in [2.24, 2.45) is 0 Å². The molecular formula is C12H11NO3. The van der Waals surface area contributed by atoms with Gasteiger partial charge in [-0.1, -0.05) is 24.3 Å². The molecule has 0 atom stereocenters. The first-order chi connectivity index (χ1) is 7.70. The van der Waals surface area contributed by atoms with Crippen LogP contribution in [0.15, 0.2) is 54.7 Å². The molecule has 2 aromatic rings. The van der Waals surface area contributed by atoms with E-state index in [0.29, 0.717) is 5.75 Å². The lowest BCUT2D eigenvalue weighted by molar-refractivity contribution is 0.0690. The molecule has 16 heavy (non-hydrogen) atoms. The molecular weight excluding hydrogens is 206 g/mol. The van der Waals surface area contributed by atoms with E-state index in [-0.39, 0.29) is 5.69 Å². The van der Waals surface area contributed by atoms with Crippen LogP contribution >= 0.6 is 0 Å². The second-order valence-electron chi connectivity index (χ2n) is 2.86. The lowest BCUT2D eigenvalue weighted by Gasteiger charge is -1.87. The van der Waals surface area contributed by atoms with E-state index in [1.54, 1.807) is 36.4 Å². The third-order valence-electron chi connectivity index (χ3n) is 1.64. The zero-order valence-electron chi connectivity index (χ0n) is 8.45. The maximum Gasteiger partial charge on any atom is 0.354 e. The maximum absolute atomic E-state index is 10.1. The van der Waals surface area contributed by atoms with Gasteiger partial charge in [-0.15, -0.1) is 0 Å². The van der Waals surface area contributed by atoms with E-state index in [2.05, 4.69) is 4.98 Å². The molecule has 0 fully saturated rings. The Morgan fingerprint density at radius 3 is 1.94 bits per heavy atom. The number of phenols is 1. The molecule has 2 rings (SSSR count).